The van der Waals surface area contributed by atoms with Crippen LogP contribution < -0.4 is 15.4 Å². The average molecular weight is 324 g/mol. The molecular weight excluding hydrogens is 295 g/mol. The molecule has 1 aromatic rings. The van der Waals surface area contributed by atoms with E-state index in [1.54, 1.807) is 19.2 Å². The van der Waals surface area contributed by atoms with E-state index in [9.17, 15) is 4.39 Å². The van der Waals surface area contributed by atoms with Gasteiger partial charge >= 0.3 is 0 Å². The maximum absolute atomic E-state index is 13.1. The van der Waals surface area contributed by atoms with Crippen molar-refractivity contribution in [1.29, 1.82) is 0 Å². The number of aliphatic imine (C=N–C) groups is 1. The summed E-state index contributed by atoms with van der Waals surface area (Å²) in [6.07, 6.45) is -0.0990. The molecule has 0 radical (unpaired) electrons. The average Bonchev–Trinajstić information content (AvgIpc) is 2.54. The minimum Gasteiger partial charge on any atom is -0.489 e. The molecule has 0 heterocycles. The first-order valence-electron chi connectivity index (χ1n) is 8.18. The number of benzene rings is 1. The largest absolute Gasteiger partial charge is 0.489 e. The molecular formula is C17H29FN4O. The first kappa shape index (κ1) is 19.2. The summed E-state index contributed by atoms with van der Waals surface area (Å²) in [7, 11) is 1.74. The molecule has 1 atom stereocenters. The van der Waals surface area contributed by atoms with Crippen LogP contribution in [0, 0.1) is 5.82 Å². The van der Waals surface area contributed by atoms with Gasteiger partial charge in [-0.05, 0) is 32.1 Å². The minimum absolute atomic E-state index is 0.0990. The van der Waals surface area contributed by atoms with E-state index < -0.39 is 0 Å². The van der Waals surface area contributed by atoms with Gasteiger partial charge in [0.15, 0.2) is 5.96 Å². The van der Waals surface area contributed by atoms with E-state index in [0.717, 1.165) is 32.1 Å². The van der Waals surface area contributed by atoms with Crippen LogP contribution in [0.15, 0.2) is 29.3 Å². The van der Waals surface area contributed by atoms with Gasteiger partial charge in [0.1, 0.15) is 17.7 Å². The smallest absolute Gasteiger partial charge is 0.191 e. The number of nitrogens with zero attached hydrogens (tertiary/aromatic N) is 2. The fourth-order valence-electron chi connectivity index (χ4n) is 2.15. The quantitative estimate of drug-likeness (QED) is 0.539. The highest BCUT2D eigenvalue weighted by atomic mass is 19.1. The second kappa shape index (κ2) is 10.8. The van der Waals surface area contributed by atoms with E-state index in [-0.39, 0.29) is 11.9 Å². The summed E-state index contributed by atoms with van der Waals surface area (Å²) in [5, 5.41) is 6.49. The zero-order valence-corrected chi connectivity index (χ0v) is 14.6. The van der Waals surface area contributed by atoms with Gasteiger partial charge in [-0.1, -0.05) is 19.9 Å². The van der Waals surface area contributed by atoms with E-state index in [4.69, 9.17) is 4.74 Å². The summed E-state index contributed by atoms with van der Waals surface area (Å²) in [6, 6.07) is 6.17. The molecule has 0 aliphatic heterocycles. The molecule has 130 valence electrons. The second-order valence-corrected chi connectivity index (χ2v) is 5.29. The first-order valence-corrected chi connectivity index (χ1v) is 8.18. The Hall–Kier alpha value is -1.82. The van der Waals surface area contributed by atoms with Crippen molar-refractivity contribution >= 4 is 5.96 Å². The van der Waals surface area contributed by atoms with Crippen molar-refractivity contribution in [1.82, 2.24) is 15.5 Å². The van der Waals surface area contributed by atoms with Crippen molar-refractivity contribution in [3.05, 3.63) is 30.1 Å². The third kappa shape index (κ3) is 7.83. The fourth-order valence-corrected chi connectivity index (χ4v) is 2.15. The van der Waals surface area contributed by atoms with Crippen molar-refractivity contribution in [2.45, 2.75) is 26.9 Å². The molecule has 0 bridgehead atoms. The van der Waals surface area contributed by atoms with Crippen LogP contribution in [0.25, 0.3) is 0 Å². The van der Waals surface area contributed by atoms with Gasteiger partial charge in [-0.3, -0.25) is 4.99 Å². The lowest BCUT2D eigenvalue weighted by Gasteiger charge is -2.20. The van der Waals surface area contributed by atoms with Crippen LogP contribution in [0.3, 0.4) is 0 Å². The van der Waals surface area contributed by atoms with Gasteiger partial charge in [0.25, 0.3) is 0 Å². The molecule has 23 heavy (non-hydrogen) atoms. The Morgan fingerprint density at radius 2 is 2.04 bits per heavy atom. The zero-order valence-electron chi connectivity index (χ0n) is 14.6. The molecule has 0 spiro atoms. The van der Waals surface area contributed by atoms with Gasteiger partial charge < -0.3 is 20.3 Å². The molecule has 0 amide bonds. The summed E-state index contributed by atoms with van der Waals surface area (Å²) in [5.41, 5.74) is 0. The molecule has 1 rings (SSSR count). The summed E-state index contributed by atoms with van der Waals surface area (Å²) in [5.74, 6) is 0.979. The predicted molar refractivity (Wildman–Crippen MR) is 93.6 cm³/mol. The number of rotatable bonds is 9. The van der Waals surface area contributed by atoms with Crippen LogP contribution in [0.1, 0.15) is 20.8 Å². The third-order valence-electron chi connectivity index (χ3n) is 3.53. The Labute approximate surface area is 138 Å². The molecule has 0 fully saturated rings. The molecule has 1 aromatic carbocycles. The molecule has 0 aliphatic rings. The topological polar surface area (TPSA) is 48.9 Å². The third-order valence-corrected chi connectivity index (χ3v) is 3.53. The van der Waals surface area contributed by atoms with Crippen molar-refractivity contribution in [2.75, 3.05) is 39.8 Å². The van der Waals surface area contributed by atoms with Gasteiger partial charge in [0, 0.05) is 26.2 Å². The summed E-state index contributed by atoms with van der Waals surface area (Å²) in [6.45, 7) is 10.7. The van der Waals surface area contributed by atoms with E-state index >= 15 is 0 Å². The monoisotopic (exact) mass is 324 g/mol. The summed E-state index contributed by atoms with van der Waals surface area (Å²) >= 11 is 0. The maximum atomic E-state index is 13.1. The van der Waals surface area contributed by atoms with Crippen LogP contribution in [0.5, 0.6) is 5.75 Å². The van der Waals surface area contributed by atoms with E-state index in [0.29, 0.717) is 12.3 Å². The van der Waals surface area contributed by atoms with Gasteiger partial charge in [0.2, 0.25) is 0 Å². The van der Waals surface area contributed by atoms with Crippen LogP contribution in [0.4, 0.5) is 4.39 Å². The Morgan fingerprint density at radius 3 is 2.65 bits per heavy atom. The number of ether oxygens (including phenoxy) is 1. The van der Waals surface area contributed by atoms with Gasteiger partial charge in [-0.25, -0.2) is 4.39 Å². The molecule has 0 aliphatic carbocycles. The van der Waals surface area contributed by atoms with Gasteiger partial charge in [0.05, 0.1) is 6.54 Å². The van der Waals surface area contributed by atoms with E-state index in [2.05, 4.69) is 34.4 Å². The zero-order chi connectivity index (χ0) is 17.1. The lowest BCUT2D eigenvalue weighted by molar-refractivity contribution is 0.223. The molecule has 0 saturated carbocycles. The Morgan fingerprint density at radius 1 is 1.30 bits per heavy atom. The fraction of sp³-hybridized carbons (Fsp3) is 0.588. The number of hydrogen-bond acceptors (Lipinski definition) is 3. The van der Waals surface area contributed by atoms with E-state index in [1.165, 1.54) is 12.1 Å². The number of hydrogen-bond donors (Lipinski definition) is 2. The minimum atomic E-state index is -0.295. The number of guanidine groups is 1. The number of likely N-dealkylation sites (N-methyl/N-ethyl adjacent to an activating group) is 1. The van der Waals surface area contributed by atoms with Gasteiger partial charge in [-0.15, -0.1) is 0 Å². The van der Waals surface area contributed by atoms with Crippen LogP contribution >= 0.6 is 0 Å². The summed E-state index contributed by atoms with van der Waals surface area (Å²) in [4.78, 5) is 6.53. The SMILES string of the molecule is CCN(CC)CCNC(=NC)NCC(C)Oc1cccc(F)c1. The summed E-state index contributed by atoms with van der Waals surface area (Å²) < 4.78 is 18.8. The Kier molecular flexibility index (Phi) is 9.05. The lowest BCUT2D eigenvalue weighted by atomic mass is 10.3. The maximum Gasteiger partial charge on any atom is 0.191 e. The van der Waals surface area contributed by atoms with Gasteiger partial charge in [-0.2, -0.15) is 0 Å². The molecule has 0 saturated heterocycles. The highest BCUT2D eigenvalue weighted by Gasteiger charge is 2.06. The first-order chi connectivity index (χ1) is 11.1. The Balaban J connectivity index is 2.30. The van der Waals surface area contributed by atoms with Crippen LogP contribution in [-0.2, 0) is 0 Å². The number of nitrogens with one attached hydrogen (secondary N) is 2. The molecule has 2 N–H and O–H groups in total. The highest BCUT2D eigenvalue weighted by molar-refractivity contribution is 5.79. The van der Waals surface area contributed by atoms with Crippen molar-refractivity contribution in [2.24, 2.45) is 4.99 Å². The normalized spacial score (nSPS) is 13.0. The standard InChI is InChI=1S/C17H29FN4O/c1-5-22(6-2)11-10-20-17(19-4)21-13-14(3)23-16-9-7-8-15(18)12-16/h7-9,12,14H,5-6,10-11,13H2,1-4H3,(H2,19,20,21). The van der Waals surface area contributed by atoms with Crippen molar-refractivity contribution < 1.29 is 9.13 Å². The van der Waals surface area contributed by atoms with E-state index in [1.807, 2.05) is 6.92 Å². The molecule has 0 aromatic heterocycles. The molecule has 5 nitrogen and oxygen atoms in total. The second-order valence-electron chi connectivity index (χ2n) is 5.29. The predicted octanol–water partition coefficient (Wildman–Crippen LogP) is 2.10. The van der Waals surface area contributed by atoms with Crippen LogP contribution in [0.2, 0.25) is 0 Å². The molecule has 6 heteroatoms. The lowest BCUT2D eigenvalue weighted by Crippen LogP contribution is -2.44. The van der Waals surface area contributed by atoms with Crippen LogP contribution in [-0.4, -0.2) is 56.7 Å². The highest BCUT2D eigenvalue weighted by Crippen LogP contribution is 2.13. The number of halogens is 1. The van der Waals surface area contributed by atoms with Crippen molar-refractivity contribution in [3.8, 4) is 5.75 Å². The van der Waals surface area contributed by atoms with Crippen molar-refractivity contribution in [3.63, 3.8) is 0 Å². The Bertz CT molecular complexity index is 477. The molecule has 1 unspecified atom stereocenters.